The van der Waals surface area contributed by atoms with E-state index in [4.69, 9.17) is 16.3 Å². The number of anilines is 2. The van der Waals surface area contributed by atoms with Gasteiger partial charge >= 0.3 is 6.43 Å². The third-order valence-electron chi connectivity index (χ3n) is 6.99. The Morgan fingerprint density at radius 3 is 2.47 bits per heavy atom. The van der Waals surface area contributed by atoms with Crippen LogP contribution in [0.25, 0.3) is 11.0 Å². The van der Waals surface area contributed by atoms with Gasteiger partial charge in [-0.3, -0.25) is 4.79 Å². The molecule has 3 heterocycles. The summed E-state index contributed by atoms with van der Waals surface area (Å²) >= 11 is 6.70. The van der Waals surface area contributed by atoms with Gasteiger partial charge in [-0.05, 0) is 35.4 Å². The number of fused-ring (bicyclic) bond motifs is 1. The number of hydrogen-bond acceptors (Lipinski definition) is 6. The first-order valence-electron chi connectivity index (χ1n) is 14.1. The Kier molecular flexibility index (Phi) is 9.37. The number of hydrogen-bond donors (Lipinski definition) is 2. The van der Waals surface area contributed by atoms with Crippen LogP contribution in [0.5, 0.6) is 5.75 Å². The Morgan fingerprint density at radius 2 is 1.73 bits per heavy atom. The normalized spacial score (nSPS) is 14.4. The predicted molar refractivity (Wildman–Crippen MR) is 176 cm³/mol. The lowest BCUT2D eigenvalue weighted by Gasteiger charge is -2.21. The summed E-state index contributed by atoms with van der Waals surface area (Å²) in [6.45, 7) is 1.04. The summed E-state index contributed by atoms with van der Waals surface area (Å²) < 4.78 is 35.5. The highest BCUT2D eigenvalue weighted by Gasteiger charge is 2.19. The zero-order valence-electron chi connectivity index (χ0n) is 23.9. The summed E-state index contributed by atoms with van der Waals surface area (Å²) in [5.41, 5.74) is 4.46. The van der Waals surface area contributed by atoms with Gasteiger partial charge in [0, 0.05) is 36.1 Å². The van der Waals surface area contributed by atoms with Gasteiger partial charge in [-0.2, -0.15) is 8.78 Å². The molecule has 45 heavy (non-hydrogen) atoms. The molecule has 0 spiro atoms. The number of ether oxygens (including phenoxy) is 1. The van der Waals surface area contributed by atoms with E-state index in [0.29, 0.717) is 33.3 Å². The van der Waals surface area contributed by atoms with Gasteiger partial charge < -0.3 is 24.2 Å². The van der Waals surface area contributed by atoms with Crippen molar-refractivity contribution >= 4 is 56.1 Å². The first kappa shape index (κ1) is 30.3. The monoisotopic (exact) mass is 646 g/mol. The van der Waals surface area contributed by atoms with Crippen molar-refractivity contribution in [1.29, 1.82) is 0 Å². The van der Waals surface area contributed by atoms with Crippen molar-refractivity contribution in [3.8, 4) is 5.75 Å². The number of aromatic nitrogens is 3. The van der Waals surface area contributed by atoms with Crippen LogP contribution in [0.15, 0.2) is 109 Å². The largest absolute Gasteiger partial charge is 0.454 e. The van der Waals surface area contributed by atoms with Gasteiger partial charge in [-0.15, -0.1) is 0 Å². The summed E-state index contributed by atoms with van der Waals surface area (Å²) in [6.07, 6.45) is 2.18. The molecule has 0 saturated carbocycles. The lowest BCUT2D eigenvalue weighted by atomic mass is 10.2. The second-order valence-corrected chi connectivity index (χ2v) is 12.4. The van der Waals surface area contributed by atoms with E-state index in [9.17, 15) is 13.6 Å². The number of amides is 1. The smallest absolute Gasteiger partial charge is 0.315 e. The number of carbonyl (C=O) groups excluding carboxylic acids is 1. The minimum atomic E-state index is -3.06. The van der Waals surface area contributed by atoms with Gasteiger partial charge in [0.25, 0.3) is 5.91 Å². The van der Waals surface area contributed by atoms with Crippen molar-refractivity contribution in [2.24, 2.45) is 0 Å². The summed E-state index contributed by atoms with van der Waals surface area (Å²) in [6, 6.07) is 27.9. The molecule has 2 aromatic heterocycles. The molecule has 1 aliphatic rings. The van der Waals surface area contributed by atoms with Crippen LogP contribution in [0, 0.1) is 0 Å². The van der Waals surface area contributed by atoms with Gasteiger partial charge in [0.2, 0.25) is 0 Å². The molecule has 0 radical (unpaired) electrons. The van der Waals surface area contributed by atoms with Crippen LogP contribution in [0.4, 0.5) is 20.3 Å². The molecule has 1 amide bonds. The van der Waals surface area contributed by atoms with Crippen molar-refractivity contribution in [3.63, 3.8) is 0 Å². The van der Waals surface area contributed by atoms with E-state index in [1.807, 2.05) is 36.5 Å². The summed E-state index contributed by atoms with van der Waals surface area (Å²) in [5, 5.41) is 8.05. The lowest BCUT2D eigenvalue weighted by Crippen LogP contribution is -2.32. The molecule has 1 unspecified atom stereocenters. The Bertz CT molecular complexity index is 1870. The molecule has 3 aromatic carbocycles. The van der Waals surface area contributed by atoms with Crippen molar-refractivity contribution in [2.75, 3.05) is 11.9 Å². The van der Waals surface area contributed by atoms with Crippen molar-refractivity contribution in [2.45, 2.75) is 25.3 Å². The number of halogens is 3. The highest BCUT2D eigenvalue weighted by molar-refractivity contribution is 8.12. The molecule has 0 fully saturated rings. The lowest BCUT2D eigenvalue weighted by molar-refractivity contribution is -0.131. The molecule has 1 aliphatic heterocycles. The highest BCUT2D eigenvalue weighted by Crippen LogP contribution is 2.36. The predicted octanol–water partition coefficient (Wildman–Crippen LogP) is 7.13. The average molecular weight is 647 g/mol. The fraction of sp³-hybridized carbons (Fsp3) is 0.152. The molecule has 0 aliphatic carbocycles. The fourth-order valence-corrected chi connectivity index (χ4v) is 6.93. The molecule has 2 N–H and O–H groups in total. The molecule has 230 valence electrons. The van der Waals surface area contributed by atoms with Crippen molar-refractivity contribution < 1.29 is 18.3 Å². The molecule has 1 atom stereocenters. The molecular formula is C33H29ClF2N6O2S. The number of rotatable bonds is 12. The van der Waals surface area contributed by atoms with E-state index in [1.165, 1.54) is 17.5 Å². The second kappa shape index (κ2) is 13.9. The molecule has 12 heteroatoms. The van der Waals surface area contributed by atoms with Gasteiger partial charge in [0.05, 0.1) is 23.3 Å². The first-order valence-corrected chi connectivity index (χ1v) is 15.9. The van der Waals surface area contributed by atoms with Crippen LogP contribution in [0.3, 0.4) is 0 Å². The number of benzene rings is 3. The maximum atomic E-state index is 12.5. The van der Waals surface area contributed by atoms with Gasteiger partial charge in [-0.25, -0.2) is 9.97 Å². The Morgan fingerprint density at radius 1 is 0.978 bits per heavy atom. The van der Waals surface area contributed by atoms with Crippen molar-refractivity contribution in [3.05, 3.63) is 126 Å². The van der Waals surface area contributed by atoms with Crippen LogP contribution in [-0.2, 0) is 23.6 Å². The third kappa shape index (κ3) is 7.50. The zero-order valence-corrected chi connectivity index (χ0v) is 25.5. The van der Waals surface area contributed by atoms with E-state index < -0.39 is 12.3 Å². The summed E-state index contributed by atoms with van der Waals surface area (Å²) in [4.78, 5) is 19.9. The van der Waals surface area contributed by atoms with Gasteiger partial charge in [-0.1, -0.05) is 82.9 Å². The number of allylic oxidation sites excluding steroid dienone is 1. The maximum absolute atomic E-state index is 12.5. The molecule has 0 bridgehead atoms. The minimum Gasteiger partial charge on any atom is -0.454 e. The second-order valence-electron chi connectivity index (χ2n) is 10.2. The third-order valence-corrected chi connectivity index (χ3v) is 9.25. The number of nitrogens with one attached hydrogen (secondary N) is 2. The molecular weight excluding hydrogens is 618 g/mol. The Balaban J connectivity index is 1.18. The van der Waals surface area contributed by atoms with E-state index in [2.05, 4.69) is 66.7 Å². The Labute approximate surface area is 266 Å². The molecule has 6 rings (SSSR count). The van der Waals surface area contributed by atoms with E-state index in [0.717, 1.165) is 18.1 Å². The molecule has 8 nitrogen and oxygen atoms in total. The summed E-state index contributed by atoms with van der Waals surface area (Å²) in [7, 11) is -0.219. The topological polar surface area (TPSA) is 84.3 Å². The summed E-state index contributed by atoms with van der Waals surface area (Å²) in [5.74, 6) is 1.30. The Hall–Kier alpha value is -4.74. The van der Waals surface area contributed by atoms with Crippen LogP contribution in [0.1, 0.15) is 11.1 Å². The van der Waals surface area contributed by atoms with Gasteiger partial charge in [0.15, 0.2) is 11.6 Å². The number of nitrogens with zero attached hydrogens (tertiary/aromatic N) is 4. The van der Waals surface area contributed by atoms with Crippen LogP contribution in [-0.4, -0.2) is 43.1 Å². The van der Waals surface area contributed by atoms with Crippen LogP contribution >= 0.6 is 22.3 Å². The van der Waals surface area contributed by atoms with E-state index >= 15 is 0 Å². The maximum Gasteiger partial charge on any atom is 0.315 e. The average Bonchev–Trinajstić information content (AvgIpc) is 3.63. The molecule has 5 aromatic rings. The minimum absolute atomic E-state index is 0.0293. The van der Waals surface area contributed by atoms with Crippen molar-refractivity contribution in [1.82, 2.24) is 24.2 Å². The number of alkyl halides is 2. The standard InChI is InChI=1S/C33H29ClF2N6O2S/c34-27-17-25(40-32-30-28(38-22-39-32)13-15-41(30)16-14-37-33(43)31(35)36)11-12-29(27)44-26-19-42(18-23-7-3-1-4-8-23)45(21-26)20-24-9-5-2-6-10-24/h1-13,15,17,19,21-22,31H,14,16,18,20H2,(H,37,43)(H,38,39,40). The fourth-order valence-electron chi connectivity index (χ4n) is 4.87. The quantitative estimate of drug-likeness (QED) is 0.140. The van der Waals surface area contributed by atoms with E-state index in [-0.39, 0.29) is 23.8 Å². The first-order chi connectivity index (χ1) is 21.9. The van der Waals surface area contributed by atoms with Crippen LogP contribution in [0.2, 0.25) is 5.02 Å². The molecule has 0 saturated heterocycles. The zero-order chi connectivity index (χ0) is 31.2. The number of carbonyl (C=O) groups is 1. The highest BCUT2D eigenvalue weighted by atomic mass is 35.5. The van der Waals surface area contributed by atoms with Gasteiger partial charge in [0.1, 0.15) is 17.6 Å². The van der Waals surface area contributed by atoms with Crippen LogP contribution < -0.4 is 15.4 Å². The SMILES string of the molecule is O=C(NCCn1ccc2ncnc(Nc3ccc(OC4=CN(Cc5ccccc5)S(Cc5ccccc5)=C4)c(Cl)c3)c21)C(F)F. The van der Waals surface area contributed by atoms with E-state index in [1.54, 1.807) is 29.0 Å².